The largest absolute Gasteiger partial charge is 0.487 e. The molecule has 0 atom stereocenters. The van der Waals surface area contributed by atoms with Crippen molar-refractivity contribution >= 4 is 17.7 Å². The van der Waals surface area contributed by atoms with Crippen molar-refractivity contribution in [1.82, 2.24) is 15.3 Å². The maximum Gasteiger partial charge on any atom is 0.251 e. The van der Waals surface area contributed by atoms with Gasteiger partial charge >= 0.3 is 0 Å². The summed E-state index contributed by atoms with van der Waals surface area (Å²) >= 11 is 1.23. The van der Waals surface area contributed by atoms with Crippen molar-refractivity contribution in [3.05, 3.63) is 52.4 Å². The number of para-hydroxylation sites is 1. The number of nitrogens with one attached hydrogen (secondary N) is 2. The van der Waals surface area contributed by atoms with Gasteiger partial charge in [-0.3, -0.25) is 9.59 Å². The van der Waals surface area contributed by atoms with Gasteiger partial charge in [-0.2, -0.15) is 0 Å². The number of nitrogens with zero attached hydrogens (tertiary/aromatic N) is 1. The third-order valence-electron chi connectivity index (χ3n) is 4.21. The molecule has 1 amide bonds. The van der Waals surface area contributed by atoms with Crippen LogP contribution in [0.5, 0.6) is 5.75 Å². The number of carbonyl (C=O) groups is 1. The first-order valence-corrected chi connectivity index (χ1v) is 9.88. The second-order valence-electron chi connectivity index (χ2n) is 6.33. The Labute approximate surface area is 156 Å². The predicted octanol–water partition coefficient (Wildman–Crippen LogP) is 2.89. The number of amides is 1. The fourth-order valence-electron chi connectivity index (χ4n) is 2.95. The van der Waals surface area contributed by atoms with Crippen LogP contribution in [-0.4, -0.2) is 27.7 Å². The summed E-state index contributed by atoms with van der Waals surface area (Å²) in [6, 6.07) is 11.1. The molecule has 3 rings (SSSR count). The van der Waals surface area contributed by atoms with E-state index in [9.17, 15) is 9.59 Å². The Morgan fingerprint density at radius 1 is 1.23 bits per heavy atom. The van der Waals surface area contributed by atoms with Gasteiger partial charge < -0.3 is 15.0 Å². The van der Waals surface area contributed by atoms with E-state index in [2.05, 4.69) is 15.3 Å². The molecule has 0 radical (unpaired) electrons. The van der Waals surface area contributed by atoms with E-state index in [-0.39, 0.29) is 29.9 Å². The number of carbonyl (C=O) groups excluding carboxylic acids is 1. The summed E-state index contributed by atoms with van der Waals surface area (Å²) in [5.41, 5.74) is 0.287. The monoisotopic (exact) mass is 373 g/mol. The molecule has 26 heavy (non-hydrogen) atoms. The Kier molecular flexibility index (Phi) is 6.71. The van der Waals surface area contributed by atoms with Crippen LogP contribution in [0.3, 0.4) is 0 Å². The van der Waals surface area contributed by atoms with Gasteiger partial charge in [-0.1, -0.05) is 49.2 Å². The van der Waals surface area contributed by atoms with Crippen molar-refractivity contribution in [2.75, 3.05) is 5.75 Å². The molecular formula is C19H23N3O3S. The first-order chi connectivity index (χ1) is 12.7. The Bertz CT molecular complexity index is 773. The van der Waals surface area contributed by atoms with Crippen LogP contribution in [0.15, 0.2) is 46.3 Å². The van der Waals surface area contributed by atoms with Gasteiger partial charge in [-0.25, -0.2) is 4.98 Å². The summed E-state index contributed by atoms with van der Waals surface area (Å²) in [4.78, 5) is 30.9. The molecule has 1 aromatic carbocycles. The first-order valence-electron chi connectivity index (χ1n) is 8.89. The number of hydrogen-bond acceptors (Lipinski definition) is 5. The van der Waals surface area contributed by atoms with Gasteiger partial charge in [-0.15, -0.1) is 0 Å². The SMILES string of the molecule is O=C(CSc1nc(COc2ccccc2)cc(=O)[nH]1)NC1CCCCC1. The van der Waals surface area contributed by atoms with Crippen LogP contribution in [0.4, 0.5) is 0 Å². The number of hydrogen-bond donors (Lipinski definition) is 2. The van der Waals surface area contributed by atoms with Crippen molar-refractivity contribution in [3.8, 4) is 5.75 Å². The van der Waals surface area contributed by atoms with Gasteiger partial charge in [0.1, 0.15) is 12.4 Å². The minimum Gasteiger partial charge on any atom is -0.487 e. The number of aromatic nitrogens is 2. The second kappa shape index (κ2) is 9.43. The molecule has 1 aliphatic carbocycles. The molecule has 0 spiro atoms. The zero-order chi connectivity index (χ0) is 18.2. The number of thioether (sulfide) groups is 1. The van der Waals surface area contributed by atoms with Crippen LogP contribution in [0.2, 0.25) is 0 Å². The highest BCUT2D eigenvalue weighted by Gasteiger charge is 2.16. The highest BCUT2D eigenvalue weighted by atomic mass is 32.2. The summed E-state index contributed by atoms with van der Waals surface area (Å²) in [5.74, 6) is 0.939. The van der Waals surface area contributed by atoms with Gasteiger partial charge in [0.15, 0.2) is 5.16 Å². The fourth-order valence-corrected chi connectivity index (χ4v) is 3.66. The standard InChI is InChI=1S/C19H23N3O3S/c23-17-11-15(12-25-16-9-5-2-6-10-16)21-19(22-17)26-13-18(24)20-14-7-3-1-4-8-14/h2,5-6,9-11,14H,1,3-4,7-8,12-13H2,(H,20,24)(H,21,22,23). The number of aromatic amines is 1. The lowest BCUT2D eigenvalue weighted by Gasteiger charge is -2.22. The average Bonchev–Trinajstić information content (AvgIpc) is 2.66. The Morgan fingerprint density at radius 2 is 2.00 bits per heavy atom. The average molecular weight is 373 g/mol. The number of rotatable bonds is 7. The number of H-pyrrole nitrogens is 1. The second-order valence-corrected chi connectivity index (χ2v) is 7.30. The molecule has 0 bridgehead atoms. The summed E-state index contributed by atoms with van der Waals surface area (Å²) in [7, 11) is 0. The highest BCUT2D eigenvalue weighted by Crippen LogP contribution is 2.18. The van der Waals surface area contributed by atoms with E-state index in [0.717, 1.165) is 18.6 Å². The van der Waals surface area contributed by atoms with Gasteiger partial charge in [0.05, 0.1) is 11.4 Å². The summed E-state index contributed by atoms with van der Waals surface area (Å²) < 4.78 is 5.62. The zero-order valence-electron chi connectivity index (χ0n) is 14.6. The van der Waals surface area contributed by atoms with E-state index in [1.165, 1.54) is 37.1 Å². The van der Waals surface area contributed by atoms with Crippen molar-refractivity contribution in [2.45, 2.75) is 49.9 Å². The zero-order valence-corrected chi connectivity index (χ0v) is 15.4. The third kappa shape index (κ3) is 5.91. The van der Waals surface area contributed by atoms with Crippen molar-refractivity contribution in [1.29, 1.82) is 0 Å². The molecule has 0 saturated heterocycles. The molecule has 1 aliphatic rings. The highest BCUT2D eigenvalue weighted by molar-refractivity contribution is 7.99. The van der Waals surface area contributed by atoms with Crippen molar-refractivity contribution in [3.63, 3.8) is 0 Å². The topological polar surface area (TPSA) is 84.1 Å². The van der Waals surface area contributed by atoms with Crippen LogP contribution in [-0.2, 0) is 11.4 Å². The van der Waals surface area contributed by atoms with Crippen LogP contribution < -0.4 is 15.6 Å². The van der Waals surface area contributed by atoms with Gasteiger partial charge in [0, 0.05) is 12.1 Å². The van der Waals surface area contributed by atoms with Crippen molar-refractivity contribution < 1.29 is 9.53 Å². The summed E-state index contributed by atoms with van der Waals surface area (Å²) in [6.07, 6.45) is 5.71. The quantitative estimate of drug-likeness (QED) is 0.576. The number of benzene rings is 1. The predicted molar refractivity (Wildman–Crippen MR) is 101 cm³/mol. The van der Waals surface area contributed by atoms with Crippen molar-refractivity contribution in [2.24, 2.45) is 0 Å². The Morgan fingerprint density at radius 3 is 2.77 bits per heavy atom. The molecule has 0 aliphatic heterocycles. The Hall–Kier alpha value is -2.28. The maximum atomic E-state index is 12.1. The maximum absolute atomic E-state index is 12.1. The molecule has 1 fully saturated rings. The van der Waals surface area contributed by atoms with Gasteiger partial charge in [0.2, 0.25) is 5.91 Å². The minimum atomic E-state index is -0.248. The first kappa shape index (κ1) is 18.5. The van der Waals surface area contributed by atoms with E-state index in [1.807, 2.05) is 30.3 Å². The lowest BCUT2D eigenvalue weighted by Crippen LogP contribution is -2.37. The molecule has 138 valence electrons. The summed E-state index contributed by atoms with van der Waals surface area (Å²) in [5, 5.41) is 3.49. The molecule has 0 unspecified atom stereocenters. The van der Waals surface area contributed by atoms with E-state index in [1.54, 1.807) is 0 Å². The Balaban J connectivity index is 1.52. The van der Waals surface area contributed by atoms with Crippen LogP contribution >= 0.6 is 11.8 Å². The smallest absolute Gasteiger partial charge is 0.251 e. The lowest BCUT2D eigenvalue weighted by atomic mass is 9.95. The van der Waals surface area contributed by atoms with E-state index in [0.29, 0.717) is 10.9 Å². The van der Waals surface area contributed by atoms with E-state index < -0.39 is 0 Å². The van der Waals surface area contributed by atoms with Crippen LogP contribution in [0.25, 0.3) is 0 Å². The van der Waals surface area contributed by atoms with E-state index >= 15 is 0 Å². The lowest BCUT2D eigenvalue weighted by molar-refractivity contribution is -0.119. The van der Waals surface area contributed by atoms with Gasteiger partial charge in [-0.05, 0) is 25.0 Å². The van der Waals surface area contributed by atoms with Crippen LogP contribution in [0.1, 0.15) is 37.8 Å². The van der Waals surface area contributed by atoms with Crippen LogP contribution in [0, 0.1) is 0 Å². The minimum absolute atomic E-state index is 0.0181. The third-order valence-corrected chi connectivity index (χ3v) is 5.09. The number of ether oxygens (including phenoxy) is 1. The summed E-state index contributed by atoms with van der Waals surface area (Å²) in [6.45, 7) is 0.204. The molecular weight excluding hydrogens is 350 g/mol. The molecule has 1 saturated carbocycles. The normalized spacial score (nSPS) is 14.8. The van der Waals surface area contributed by atoms with Gasteiger partial charge in [0.25, 0.3) is 5.56 Å². The molecule has 2 aromatic rings. The molecule has 6 nitrogen and oxygen atoms in total. The molecule has 2 N–H and O–H groups in total. The molecule has 1 heterocycles. The van der Waals surface area contributed by atoms with E-state index in [4.69, 9.17) is 4.74 Å². The molecule has 1 aromatic heterocycles. The fraction of sp³-hybridized carbons (Fsp3) is 0.421. The molecule has 7 heteroatoms.